The minimum atomic E-state index is -1.46. The highest BCUT2D eigenvalue weighted by Gasteiger charge is 2.11. The van der Waals surface area contributed by atoms with Gasteiger partial charge in [0.25, 0.3) is 0 Å². The fourth-order valence-corrected chi connectivity index (χ4v) is 3.83. The summed E-state index contributed by atoms with van der Waals surface area (Å²) in [5.41, 5.74) is 4.25. The van der Waals surface area contributed by atoms with E-state index in [-0.39, 0.29) is 5.69 Å². The number of benzene rings is 1. The van der Waals surface area contributed by atoms with Crippen LogP contribution in [0.3, 0.4) is 0 Å². The van der Waals surface area contributed by atoms with Gasteiger partial charge in [0.1, 0.15) is 5.76 Å². The van der Waals surface area contributed by atoms with E-state index in [1.54, 1.807) is 13.4 Å². The maximum absolute atomic E-state index is 13.3. The van der Waals surface area contributed by atoms with Crippen LogP contribution in [0.1, 0.15) is 31.4 Å². The van der Waals surface area contributed by atoms with Crippen LogP contribution in [-0.2, 0) is 4.74 Å². The second-order valence-corrected chi connectivity index (χ2v) is 8.67. The SMILES string of the molecule is CNCCC/C(C=NCCCNc1cc(F)c(F)c(F)c1)=C\C1=CCC(OC)=C(n2cnc(C)c2)C=C1. The summed E-state index contributed by atoms with van der Waals surface area (Å²) in [5.74, 6) is -3.03. The molecule has 1 aromatic carbocycles. The van der Waals surface area contributed by atoms with E-state index in [0.717, 1.165) is 59.8 Å². The highest BCUT2D eigenvalue weighted by atomic mass is 19.2. The number of ether oxygens (including phenoxy) is 1. The molecule has 6 nitrogen and oxygen atoms in total. The lowest BCUT2D eigenvalue weighted by atomic mass is 10.1. The fraction of sp³-hybridized carbons (Fsp3) is 0.357. The van der Waals surface area contributed by atoms with E-state index >= 15 is 0 Å². The number of rotatable bonds is 13. The molecule has 9 heteroatoms. The zero-order valence-electron chi connectivity index (χ0n) is 21.5. The first kappa shape index (κ1) is 28.0. The number of hydrogen-bond donors (Lipinski definition) is 2. The topological polar surface area (TPSA) is 63.5 Å². The van der Waals surface area contributed by atoms with Crippen molar-refractivity contribution >= 4 is 17.6 Å². The number of anilines is 1. The Labute approximate surface area is 216 Å². The Morgan fingerprint density at radius 3 is 2.62 bits per heavy atom. The van der Waals surface area contributed by atoms with Crippen LogP contribution in [0.4, 0.5) is 18.9 Å². The third-order valence-electron chi connectivity index (χ3n) is 5.76. The number of allylic oxidation sites excluding steroid dienone is 7. The maximum Gasteiger partial charge on any atom is 0.194 e. The van der Waals surface area contributed by atoms with Crippen LogP contribution in [0.15, 0.2) is 70.9 Å². The fourth-order valence-electron chi connectivity index (χ4n) is 3.83. The molecule has 0 bridgehead atoms. The predicted molar refractivity (Wildman–Crippen MR) is 143 cm³/mol. The highest BCUT2D eigenvalue weighted by molar-refractivity contribution is 5.80. The van der Waals surface area contributed by atoms with Crippen LogP contribution in [0, 0.1) is 24.4 Å². The zero-order chi connectivity index (χ0) is 26.6. The smallest absolute Gasteiger partial charge is 0.194 e. The van der Waals surface area contributed by atoms with E-state index in [2.05, 4.69) is 38.8 Å². The number of aryl methyl sites for hydroxylation is 1. The quantitative estimate of drug-likeness (QED) is 0.202. The molecule has 1 heterocycles. The van der Waals surface area contributed by atoms with Gasteiger partial charge in [-0.15, -0.1) is 0 Å². The van der Waals surface area contributed by atoms with Crippen molar-refractivity contribution in [1.29, 1.82) is 0 Å². The van der Waals surface area contributed by atoms with Crippen molar-refractivity contribution in [3.63, 3.8) is 0 Å². The van der Waals surface area contributed by atoms with Crippen molar-refractivity contribution in [3.8, 4) is 0 Å². The highest BCUT2D eigenvalue weighted by Crippen LogP contribution is 2.24. The van der Waals surface area contributed by atoms with Crippen molar-refractivity contribution < 1.29 is 17.9 Å². The molecule has 0 amide bonds. The van der Waals surface area contributed by atoms with Crippen molar-refractivity contribution in [2.45, 2.75) is 32.6 Å². The van der Waals surface area contributed by atoms with Crippen molar-refractivity contribution in [3.05, 3.63) is 89.0 Å². The first-order valence-electron chi connectivity index (χ1n) is 12.3. The van der Waals surface area contributed by atoms with E-state index < -0.39 is 17.5 Å². The number of aliphatic imine (C=N–C) groups is 1. The van der Waals surface area contributed by atoms with Crippen LogP contribution in [-0.4, -0.2) is 49.6 Å². The Bertz CT molecular complexity index is 1190. The van der Waals surface area contributed by atoms with Gasteiger partial charge in [0, 0.05) is 49.7 Å². The summed E-state index contributed by atoms with van der Waals surface area (Å²) < 4.78 is 47.4. The van der Waals surface area contributed by atoms with Crippen LogP contribution in [0.2, 0.25) is 0 Å². The third-order valence-corrected chi connectivity index (χ3v) is 5.76. The minimum absolute atomic E-state index is 0.203. The Morgan fingerprint density at radius 1 is 1.16 bits per heavy atom. The summed E-state index contributed by atoms with van der Waals surface area (Å²) in [4.78, 5) is 8.87. The van der Waals surface area contributed by atoms with Crippen LogP contribution >= 0.6 is 0 Å². The number of aromatic nitrogens is 2. The van der Waals surface area contributed by atoms with Gasteiger partial charge >= 0.3 is 0 Å². The molecule has 0 saturated heterocycles. The molecule has 2 aromatic rings. The van der Waals surface area contributed by atoms with Crippen LogP contribution < -0.4 is 10.6 Å². The van der Waals surface area contributed by atoms with E-state index in [1.807, 2.05) is 37.0 Å². The molecule has 37 heavy (non-hydrogen) atoms. The van der Waals surface area contributed by atoms with Crippen molar-refractivity contribution in [2.24, 2.45) is 4.99 Å². The molecular weight excluding hydrogens is 479 g/mol. The summed E-state index contributed by atoms with van der Waals surface area (Å²) in [6.07, 6.45) is 17.1. The minimum Gasteiger partial charge on any atom is -0.499 e. The monoisotopic (exact) mass is 513 g/mol. The second-order valence-electron chi connectivity index (χ2n) is 8.67. The number of nitrogens with zero attached hydrogens (tertiary/aromatic N) is 3. The molecule has 2 N–H and O–H groups in total. The molecule has 1 aromatic heterocycles. The summed E-state index contributed by atoms with van der Waals surface area (Å²) in [6.45, 7) is 3.84. The van der Waals surface area contributed by atoms with Gasteiger partial charge in [0.15, 0.2) is 17.5 Å². The van der Waals surface area contributed by atoms with Gasteiger partial charge in [-0.3, -0.25) is 4.99 Å². The average Bonchev–Trinajstić information content (AvgIpc) is 3.20. The zero-order valence-corrected chi connectivity index (χ0v) is 21.5. The number of nitrogens with one attached hydrogen (secondary N) is 2. The molecule has 1 aliphatic carbocycles. The van der Waals surface area contributed by atoms with Crippen LogP contribution in [0.25, 0.3) is 5.70 Å². The molecule has 0 unspecified atom stereocenters. The Balaban J connectivity index is 1.62. The molecule has 0 saturated carbocycles. The first-order chi connectivity index (χ1) is 17.9. The largest absolute Gasteiger partial charge is 0.499 e. The number of imidazole rings is 1. The standard InChI is InChI=1S/C28H34F3N5O/c1-20-18-36(19-35-20)26-9-7-21(8-10-27(26)37-3)14-22(6-4-11-32-2)17-33-12-5-13-34-23-15-24(29)28(31)25(30)16-23/h7-9,14-19,32,34H,4-6,10-13H2,1-3H3/b22-14+,33-17?. The molecule has 1 aliphatic rings. The van der Waals surface area contributed by atoms with Crippen molar-refractivity contribution in [1.82, 2.24) is 14.9 Å². The van der Waals surface area contributed by atoms with E-state index in [4.69, 9.17) is 4.74 Å². The lowest BCUT2D eigenvalue weighted by Crippen LogP contribution is -2.08. The van der Waals surface area contributed by atoms with E-state index in [1.165, 1.54) is 0 Å². The lowest BCUT2D eigenvalue weighted by Gasteiger charge is -2.09. The summed E-state index contributed by atoms with van der Waals surface area (Å²) in [7, 11) is 3.60. The Hall–Kier alpha value is -3.59. The van der Waals surface area contributed by atoms with Gasteiger partial charge < -0.3 is 19.9 Å². The van der Waals surface area contributed by atoms with Crippen LogP contribution in [0.5, 0.6) is 0 Å². The van der Waals surface area contributed by atoms with E-state index in [0.29, 0.717) is 25.9 Å². The average molecular weight is 514 g/mol. The molecular formula is C28H34F3N5O. The molecule has 0 fully saturated rings. The van der Waals surface area contributed by atoms with Gasteiger partial charge in [-0.05, 0) is 57.0 Å². The Morgan fingerprint density at radius 2 is 1.95 bits per heavy atom. The molecule has 198 valence electrons. The molecule has 0 spiro atoms. The second kappa shape index (κ2) is 14.2. The molecule has 0 aliphatic heterocycles. The number of halogens is 3. The molecule has 0 atom stereocenters. The van der Waals surface area contributed by atoms with Gasteiger partial charge in [-0.2, -0.15) is 0 Å². The first-order valence-corrected chi connectivity index (χ1v) is 12.3. The number of methoxy groups -OCH3 is 1. The van der Waals surface area contributed by atoms with Gasteiger partial charge in [0.2, 0.25) is 0 Å². The van der Waals surface area contributed by atoms with Gasteiger partial charge in [-0.1, -0.05) is 18.2 Å². The summed E-state index contributed by atoms with van der Waals surface area (Å²) >= 11 is 0. The summed E-state index contributed by atoms with van der Waals surface area (Å²) in [6, 6.07) is 1.89. The molecule has 0 radical (unpaired) electrons. The normalized spacial score (nSPS) is 14.3. The predicted octanol–water partition coefficient (Wildman–Crippen LogP) is 5.81. The number of hydrogen-bond acceptors (Lipinski definition) is 5. The Kier molecular flexibility index (Phi) is 10.8. The van der Waals surface area contributed by atoms with Gasteiger partial charge in [-0.25, -0.2) is 18.2 Å². The molecule has 3 rings (SSSR count). The van der Waals surface area contributed by atoms with E-state index in [9.17, 15) is 13.2 Å². The van der Waals surface area contributed by atoms with Gasteiger partial charge in [0.05, 0.1) is 24.8 Å². The third kappa shape index (κ3) is 8.49. The summed E-state index contributed by atoms with van der Waals surface area (Å²) in [5, 5.41) is 6.07. The van der Waals surface area contributed by atoms with Crippen molar-refractivity contribution in [2.75, 3.05) is 39.1 Å². The maximum atomic E-state index is 13.3. The lowest BCUT2D eigenvalue weighted by molar-refractivity contribution is 0.286.